The normalized spacial score (nSPS) is 21.6. The van der Waals surface area contributed by atoms with E-state index >= 15 is 0 Å². The van der Waals surface area contributed by atoms with Gasteiger partial charge in [0, 0.05) is 65.3 Å². The van der Waals surface area contributed by atoms with Crippen molar-refractivity contribution in [2.45, 2.75) is 6.42 Å². The molecule has 3 heterocycles. The number of ether oxygens (including phenoxy) is 1. The van der Waals surface area contributed by atoms with Crippen LogP contribution < -0.4 is 10.2 Å². The number of methoxy groups -OCH3 is 1. The monoisotopic (exact) mass is 348 g/mol. The number of hydrogen-bond acceptors (Lipinski definition) is 6. The Morgan fingerprint density at radius 1 is 1.24 bits per heavy atom. The van der Waals surface area contributed by atoms with Crippen LogP contribution in [0.5, 0.6) is 0 Å². The minimum absolute atomic E-state index is 0.0453. The highest BCUT2D eigenvalue weighted by Gasteiger charge is 2.25. The van der Waals surface area contributed by atoms with Crippen molar-refractivity contribution in [3.63, 3.8) is 0 Å². The second-order valence-electron chi connectivity index (χ2n) is 6.66. The van der Waals surface area contributed by atoms with Gasteiger partial charge in [0.25, 0.3) is 0 Å². The van der Waals surface area contributed by atoms with Crippen LogP contribution in [-0.4, -0.2) is 91.9 Å². The van der Waals surface area contributed by atoms with E-state index in [9.17, 15) is 4.79 Å². The number of rotatable bonds is 6. The molecule has 2 saturated heterocycles. The number of anilines is 1. The quantitative estimate of drug-likeness (QED) is 0.796. The number of nitrogens with one attached hydrogen (secondary N) is 1. The third-order valence-corrected chi connectivity index (χ3v) is 4.93. The lowest BCUT2D eigenvalue weighted by Crippen LogP contribution is -2.52. The van der Waals surface area contributed by atoms with Gasteiger partial charge in [-0.25, -0.2) is 14.8 Å². The fourth-order valence-corrected chi connectivity index (χ4v) is 3.41. The van der Waals surface area contributed by atoms with Crippen molar-refractivity contribution in [1.82, 2.24) is 25.1 Å². The number of carbonyl (C=O) groups is 1. The fraction of sp³-hybridized carbons (Fsp3) is 0.706. The molecule has 138 valence electrons. The molecule has 25 heavy (non-hydrogen) atoms. The Bertz CT molecular complexity index is 535. The first-order chi connectivity index (χ1) is 12.3. The summed E-state index contributed by atoms with van der Waals surface area (Å²) in [4.78, 5) is 27.3. The molecule has 1 N–H and O–H groups in total. The van der Waals surface area contributed by atoms with Crippen LogP contribution in [0.25, 0.3) is 0 Å². The highest BCUT2D eigenvalue weighted by Crippen LogP contribution is 2.15. The van der Waals surface area contributed by atoms with Gasteiger partial charge in [0.15, 0.2) is 0 Å². The number of carbonyl (C=O) groups excluding carboxylic acids is 1. The summed E-state index contributed by atoms with van der Waals surface area (Å²) in [5.74, 6) is 1.28. The van der Waals surface area contributed by atoms with Crippen molar-refractivity contribution in [3.8, 4) is 0 Å². The predicted molar refractivity (Wildman–Crippen MR) is 95.6 cm³/mol. The SMILES string of the molecule is COCCN1CCC(CNC(=O)N2CCN(c3ncccn3)CC2)C1. The summed E-state index contributed by atoms with van der Waals surface area (Å²) < 4.78 is 5.13. The number of urea groups is 1. The van der Waals surface area contributed by atoms with Gasteiger partial charge in [-0.05, 0) is 24.9 Å². The van der Waals surface area contributed by atoms with Crippen molar-refractivity contribution >= 4 is 12.0 Å². The summed E-state index contributed by atoms with van der Waals surface area (Å²) >= 11 is 0. The van der Waals surface area contributed by atoms with E-state index in [1.165, 1.54) is 0 Å². The average molecular weight is 348 g/mol. The van der Waals surface area contributed by atoms with E-state index in [1.807, 2.05) is 11.0 Å². The number of nitrogens with zero attached hydrogens (tertiary/aromatic N) is 5. The maximum absolute atomic E-state index is 12.4. The Kier molecular flexibility index (Phi) is 6.41. The van der Waals surface area contributed by atoms with Gasteiger partial charge in [-0.15, -0.1) is 0 Å². The zero-order valence-corrected chi connectivity index (χ0v) is 14.9. The highest BCUT2D eigenvalue weighted by atomic mass is 16.5. The van der Waals surface area contributed by atoms with E-state index in [4.69, 9.17) is 4.74 Å². The largest absolute Gasteiger partial charge is 0.383 e. The van der Waals surface area contributed by atoms with E-state index in [-0.39, 0.29) is 6.03 Å². The van der Waals surface area contributed by atoms with Crippen LogP contribution in [0, 0.1) is 5.92 Å². The summed E-state index contributed by atoms with van der Waals surface area (Å²) in [6.07, 6.45) is 4.64. The molecule has 0 aliphatic carbocycles. The molecule has 0 aromatic carbocycles. The highest BCUT2D eigenvalue weighted by molar-refractivity contribution is 5.74. The first kappa shape index (κ1) is 17.9. The van der Waals surface area contributed by atoms with Crippen molar-refractivity contribution in [2.75, 3.05) is 71.0 Å². The molecule has 3 rings (SSSR count). The van der Waals surface area contributed by atoms with Crippen LogP contribution in [0.2, 0.25) is 0 Å². The first-order valence-electron chi connectivity index (χ1n) is 9.02. The topological polar surface area (TPSA) is 73.8 Å². The van der Waals surface area contributed by atoms with Crippen LogP contribution >= 0.6 is 0 Å². The minimum atomic E-state index is 0.0453. The molecule has 0 spiro atoms. The van der Waals surface area contributed by atoms with Gasteiger partial charge in [-0.3, -0.25) is 0 Å². The van der Waals surface area contributed by atoms with E-state index in [0.29, 0.717) is 19.0 Å². The molecule has 0 bridgehead atoms. The van der Waals surface area contributed by atoms with E-state index in [0.717, 1.165) is 58.2 Å². The van der Waals surface area contributed by atoms with Crippen LogP contribution in [0.15, 0.2) is 18.5 Å². The lowest BCUT2D eigenvalue weighted by atomic mass is 10.1. The molecular formula is C17H28N6O2. The molecule has 8 heteroatoms. The lowest BCUT2D eigenvalue weighted by molar-refractivity contribution is 0.158. The van der Waals surface area contributed by atoms with Gasteiger partial charge in [0.05, 0.1) is 6.61 Å². The Morgan fingerprint density at radius 2 is 2.00 bits per heavy atom. The summed E-state index contributed by atoms with van der Waals surface area (Å²) in [5, 5.41) is 3.10. The Labute approximate surface area is 149 Å². The second kappa shape index (κ2) is 8.96. The molecule has 2 amide bonds. The number of amides is 2. The number of hydrogen-bond donors (Lipinski definition) is 1. The van der Waals surface area contributed by atoms with Crippen LogP contribution in [-0.2, 0) is 4.74 Å². The van der Waals surface area contributed by atoms with E-state index in [1.54, 1.807) is 19.5 Å². The zero-order chi connectivity index (χ0) is 17.5. The summed E-state index contributed by atoms with van der Waals surface area (Å²) in [7, 11) is 1.73. The number of likely N-dealkylation sites (tertiary alicyclic amines) is 1. The maximum atomic E-state index is 12.4. The molecule has 0 saturated carbocycles. The minimum Gasteiger partial charge on any atom is -0.383 e. The average Bonchev–Trinajstić information content (AvgIpc) is 3.13. The second-order valence-corrected chi connectivity index (χ2v) is 6.66. The Morgan fingerprint density at radius 3 is 2.72 bits per heavy atom. The fourth-order valence-electron chi connectivity index (χ4n) is 3.41. The third-order valence-electron chi connectivity index (χ3n) is 4.93. The molecule has 1 atom stereocenters. The van der Waals surface area contributed by atoms with Gasteiger partial charge in [-0.2, -0.15) is 0 Å². The Balaban J connectivity index is 1.36. The first-order valence-corrected chi connectivity index (χ1v) is 9.02. The zero-order valence-electron chi connectivity index (χ0n) is 14.9. The molecule has 1 aromatic rings. The number of piperazine rings is 1. The summed E-state index contributed by atoms with van der Waals surface area (Å²) in [5.41, 5.74) is 0. The smallest absolute Gasteiger partial charge is 0.317 e. The standard InChI is InChI=1S/C17H28N6O2/c1-25-12-11-21-6-3-15(14-21)13-20-17(24)23-9-7-22(8-10-23)16-18-4-2-5-19-16/h2,4-5,15H,3,6-14H2,1H3,(H,20,24). The number of aromatic nitrogens is 2. The van der Waals surface area contributed by atoms with Crippen LogP contribution in [0.1, 0.15) is 6.42 Å². The summed E-state index contributed by atoms with van der Waals surface area (Å²) in [6, 6.07) is 1.86. The molecule has 8 nitrogen and oxygen atoms in total. The van der Waals surface area contributed by atoms with Gasteiger partial charge in [-0.1, -0.05) is 0 Å². The van der Waals surface area contributed by atoms with Gasteiger partial charge >= 0.3 is 6.03 Å². The van der Waals surface area contributed by atoms with Crippen molar-refractivity contribution in [1.29, 1.82) is 0 Å². The van der Waals surface area contributed by atoms with Gasteiger partial charge in [0.2, 0.25) is 5.95 Å². The molecule has 1 unspecified atom stereocenters. The van der Waals surface area contributed by atoms with Gasteiger partial charge < -0.3 is 24.8 Å². The summed E-state index contributed by atoms with van der Waals surface area (Å²) in [6.45, 7) is 7.59. The van der Waals surface area contributed by atoms with Gasteiger partial charge in [0.1, 0.15) is 0 Å². The van der Waals surface area contributed by atoms with E-state index in [2.05, 4.69) is 25.1 Å². The van der Waals surface area contributed by atoms with Crippen molar-refractivity contribution in [3.05, 3.63) is 18.5 Å². The van der Waals surface area contributed by atoms with Crippen molar-refractivity contribution < 1.29 is 9.53 Å². The third kappa shape index (κ3) is 5.02. The molecule has 2 aliphatic rings. The molecule has 2 fully saturated rings. The maximum Gasteiger partial charge on any atom is 0.317 e. The molecule has 2 aliphatic heterocycles. The van der Waals surface area contributed by atoms with Crippen molar-refractivity contribution in [2.24, 2.45) is 5.92 Å². The molecule has 0 radical (unpaired) electrons. The lowest BCUT2D eigenvalue weighted by Gasteiger charge is -2.34. The Hall–Kier alpha value is -1.93. The molecule has 1 aromatic heterocycles. The predicted octanol–water partition coefficient (Wildman–Crippen LogP) is 0.277. The van der Waals surface area contributed by atoms with Crippen LogP contribution in [0.4, 0.5) is 10.7 Å². The van der Waals surface area contributed by atoms with Crippen LogP contribution in [0.3, 0.4) is 0 Å². The van der Waals surface area contributed by atoms with E-state index < -0.39 is 0 Å². The molecular weight excluding hydrogens is 320 g/mol.